The van der Waals surface area contributed by atoms with Crippen LogP contribution < -0.4 is 9.47 Å². The molecule has 3 aromatic heterocycles. The summed E-state index contributed by atoms with van der Waals surface area (Å²) in [5.41, 5.74) is 2.99. The molecule has 0 N–H and O–H groups in total. The van der Waals surface area contributed by atoms with Gasteiger partial charge in [0.1, 0.15) is 5.69 Å². The van der Waals surface area contributed by atoms with Crippen molar-refractivity contribution < 1.29 is 14.3 Å². The second kappa shape index (κ2) is 9.92. The maximum Gasteiger partial charge on any atom is 0.255 e. The van der Waals surface area contributed by atoms with Gasteiger partial charge >= 0.3 is 0 Å². The summed E-state index contributed by atoms with van der Waals surface area (Å²) in [6, 6.07) is 11.1. The number of methoxy groups -OCH3 is 1. The number of piperidine rings is 1. The molecule has 9 nitrogen and oxygen atoms in total. The molecule has 0 saturated carbocycles. The van der Waals surface area contributed by atoms with Gasteiger partial charge in [-0.05, 0) is 37.1 Å². The number of para-hydroxylation sites is 2. The molecule has 1 aliphatic rings. The fraction of sp³-hybridized carbons (Fsp3) is 0.269. The van der Waals surface area contributed by atoms with Gasteiger partial charge in [-0.25, -0.2) is 4.98 Å². The highest BCUT2D eigenvalue weighted by atomic mass is 16.5. The number of hydrogen-bond donors (Lipinski definition) is 0. The van der Waals surface area contributed by atoms with Crippen LogP contribution in [0.25, 0.3) is 11.3 Å². The van der Waals surface area contributed by atoms with E-state index in [0.717, 1.165) is 29.8 Å². The Kier molecular flexibility index (Phi) is 6.38. The molecule has 0 spiro atoms. The van der Waals surface area contributed by atoms with Crippen LogP contribution in [0.1, 0.15) is 34.8 Å². The predicted octanol–water partition coefficient (Wildman–Crippen LogP) is 4.09. The third-order valence-electron chi connectivity index (χ3n) is 6.07. The Morgan fingerprint density at radius 3 is 2.60 bits per heavy atom. The number of pyridine rings is 1. The van der Waals surface area contributed by atoms with E-state index in [9.17, 15) is 4.79 Å². The van der Waals surface area contributed by atoms with E-state index in [0.29, 0.717) is 36.0 Å². The summed E-state index contributed by atoms with van der Waals surface area (Å²) in [6.07, 6.45) is 10.3. The van der Waals surface area contributed by atoms with E-state index >= 15 is 0 Å². The van der Waals surface area contributed by atoms with E-state index in [2.05, 4.69) is 20.1 Å². The highest BCUT2D eigenvalue weighted by molar-refractivity contribution is 5.94. The monoisotopic (exact) mass is 470 g/mol. The number of nitrogens with zero attached hydrogens (tertiary/aromatic N) is 6. The number of carbonyl (C=O) groups excluding carboxylic acids is 1. The van der Waals surface area contributed by atoms with Gasteiger partial charge < -0.3 is 14.4 Å². The van der Waals surface area contributed by atoms with Crippen molar-refractivity contribution in [3.63, 3.8) is 0 Å². The molecule has 0 unspecified atom stereocenters. The maximum absolute atomic E-state index is 13.3. The van der Waals surface area contributed by atoms with Crippen molar-refractivity contribution in [2.24, 2.45) is 7.05 Å². The van der Waals surface area contributed by atoms with Crippen LogP contribution >= 0.6 is 0 Å². The number of amides is 1. The summed E-state index contributed by atoms with van der Waals surface area (Å²) < 4.78 is 13.2. The molecular formula is C26H26N6O3. The Bertz CT molecular complexity index is 1320. The van der Waals surface area contributed by atoms with E-state index in [1.165, 1.54) is 0 Å². The normalized spacial score (nSPS) is 15.6. The van der Waals surface area contributed by atoms with Crippen molar-refractivity contribution >= 4 is 5.91 Å². The molecule has 9 heteroatoms. The lowest BCUT2D eigenvalue weighted by atomic mass is 9.94. The Labute approximate surface area is 203 Å². The van der Waals surface area contributed by atoms with Gasteiger partial charge in [-0.15, -0.1) is 0 Å². The Hall–Kier alpha value is -4.27. The minimum absolute atomic E-state index is 0.00809. The zero-order valence-electron chi connectivity index (χ0n) is 19.7. The van der Waals surface area contributed by atoms with Crippen LogP contribution in [0.15, 0.2) is 67.4 Å². The number of ether oxygens (including phenoxy) is 2. The Morgan fingerprint density at radius 1 is 1.03 bits per heavy atom. The largest absolute Gasteiger partial charge is 0.493 e. The second-order valence-corrected chi connectivity index (χ2v) is 8.42. The molecule has 0 bridgehead atoms. The summed E-state index contributed by atoms with van der Waals surface area (Å²) in [4.78, 5) is 28.6. The van der Waals surface area contributed by atoms with Crippen LogP contribution in [-0.4, -0.2) is 55.7 Å². The van der Waals surface area contributed by atoms with E-state index in [1.807, 2.05) is 54.5 Å². The second-order valence-electron chi connectivity index (χ2n) is 8.42. The van der Waals surface area contributed by atoms with Crippen LogP contribution in [0.4, 0.5) is 0 Å². The molecular weight excluding hydrogens is 444 g/mol. The summed E-state index contributed by atoms with van der Waals surface area (Å²) in [5, 5.41) is 4.18. The minimum atomic E-state index is -0.0453. The summed E-state index contributed by atoms with van der Waals surface area (Å²) >= 11 is 0. The topological polar surface area (TPSA) is 95.3 Å². The van der Waals surface area contributed by atoms with Crippen LogP contribution in [-0.2, 0) is 7.05 Å². The lowest BCUT2D eigenvalue weighted by Crippen LogP contribution is -2.39. The van der Waals surface area contributed by atoms with Crippen LogP contribution in [0.2, 0.25) is 0 Å². The van der Waals surface area contributed by atoms with Crippen molar-refractivity contribution in [2.45, 2.75) is 18.8 Å². The molecule has 4 heterocycles. The van der Waals surface area contributed by atoms with E-state index in [4.69, 9.17) is 9.47 Å². The number of aromatic nitrogens is 5. The first-order valence-corrected chi connectivity index (χ1v) is 11.5. The fourth-order valence-electron chi connectivity index (χ4n) is 4.31. The summed E-state index contributed by atoms with van der Waals surface area (Å²) in [5.74, 6) is 1.58. The van der Waals surface area contributed by atoms with Crippen LogP contribution in [0, 0.1) is 0 Å². The number of benzene rings is 1. The van der Waals surface area contributed by atoms with Crippen molar-refractivity contribution in [3.05, 3.63) is 78.6 Å². The molecule has 1 amide bonds. The lowest BCUT2D eigenvalue weighted by molar-refractivity contribution is 0.0704. The van der Waals surface area contributed by atoms with Gasteiger partial charge in [0.15, 0.2) is 11.5 Å². The van der Waals surface area contributed by atoms with Gasteiger partial charge in [-0.2, -0.15) is 5.10 Å². The van der Waals surface area contributed by atoms with Crippen molar-refractivity contribution in [2.75, 3.05) is 20.2 Å². The fourth-order valence-corrected chi connectivity index (χ4v) is 4.31. The van der Waals surface area contributed by atoms with E-state index in [1.54, 1.807) is 36.6 Å². The Morgan fingerprint density at radius 2 is 1.86 bits per heavy atom. The van der Waals surface area contributed by atoms with Gasteiger partial charge in [0, 0.05) is 56.4 Å². The third kappa shape index (κ3) is 4.84. The molecule has 1 fully saturated rings. The molecule has 0 radical (unpaired) electrons. The van der Waals surface area contributed by atoms with Gasteiger partial charge in [-0.1, -0.05) is 12.1 Å². The number of hydrogen-bond acceptors (Lipinski definition) is 7. The molecule has 1 saturated heterocycles. The first-order chi connectivity index (χ1) is 17.1. The van der Waals surface area contributed by atoms with Crippen molar-refractivity contribution in [3.8, 4) is 28.6 Å². The molecule has 35 heavy (non-hydrogen) atoms. The zero-order chi connectivity index (χ0) is 24.2. The van der Waals surface area contributed by atoms with Crippen molar-refractivity contribution in [1.29, 1.82) is 0 Å². The molecule has 1 aliphatic heterocycles. The molecule has 1 aromatic carbocycles. The molecule has 4 aromatic rings. The SMILES string of the molecule is COc1ccccc1Oc1nccnc1[C@@H]1CCCN(C(=O)c2ccc(-c3cnn(C)c3)nc2)C1. The minimum Gasteiger partial charge on any atom is -0.493 e. The number of likely N-dealkylation sites (tertiary alicyclic amines) is 1. The number of rotatable bonds is 6. The lowest BCUT2D eigenvalue weighted by Gasteiger charge is -2.32. The van der Waals surface area contributed by atoms with Crippen LogP contribution in [0.3, 0.4) is 0 Å². The summed E-state index contributed by atoms with van der Waals surface area (Å²) in [7, 11) is 3.46. The number of aryl methyl sites for hydroxylation is 1. The third-order valence-corrected chi connectivity index (χ3v) is 6.07. The smallest absolute Gasteiger partial charge is 0.255 e. The van der Waals surface area contributed by atoms with Crippen molar-refractivity contribution in [1.82, 2.24) is 29.6 Å². The standard InChI is InChI=1S/C26H26N6O3/c1-31-16-20(15-30-31)21-10-9-18(14-29-21)26(33)32-13-5-6-19(17-32)24-25(28-12-11-27-24)35-23-8-4-3-7-22(23)34-2/h3-4,7-12,14-16,19H,5-6,13,17H2,1-2H3/t19-/m1/s1. The van der Waals surface area contributed by atoms with E-state index in [-0.39, 0.29) is 11.8 Å². The molecule has 5 rings (SSSR count). The average Bonchev–Trinajstić information content (AvgIpc) is 3.35. The highest BCUT2D eigenvalue weighted by Crippen LogP contribution is 2.36. The van der Waals surface area contributed by atoms with Crippen LogP contribution in [0.5, 0.6) is 17.4 Å². The first kappa shape index (κ1) is 22.5. The Balaban J connectivity index is 1.33. The number of carbonyl (C=O) groups is 1. The first-order valence-electron chi connectivity index (χ1n) is 11.5. The van der Waals surface area contributed by atoms with Gasteiger partial charge in [-0.3, -0.25) is 19.4 Å². The van der Waals surface area contributed by atoms with Gasteiger partial charge in [0.2, 0.25) is 5.88 Å². The molecule has 0 aliphatic carbocycles. The predicted molar refractivity (Wildman–Crippen MR) is 129 cm³/mol. The quantitative estimate of drug-likeness (QED) is 0.419. The maximum atomic E-state index is 13.3. The summed E-state index contributed by atoms with van der Waals surface area (Å²) in [6.45, 7) is 1.22. The molecule has 1 atom stereocenters. The molecule has 178 valence electrons. The average molecular weight is 471 g/mol. The zero-order valence-corrected chi connectivity index (χ0v) is 19.7. The van der Waals surface area contributed by atoms with Gasteiger partial charge in [0.05, 0.1) is 24.6 Å². The van der Waals surface area contributed by atoms with Gasteiger partial charge in [0.25, 0.3) is 5.91 Å². The highest BCUT2D eigenvalue weighted by Gasteiger charge is 2.29. The van der Waals surface area contributed by atoms with E-state index < -0.39 is 0 Å².